The van der Waals surface area contributed by atoms with Crippen LogP contribution in [0.5, 0.6) is 17.2 Å². The van der Waals surface area contributed by atoms with Gasteiger partial charge >= 0.3 is 5.97 Å². The van der Waals surface area contributed by atoms with Gasteiger partial charge in [-0.2, -0.15) is 0 Å². The Morgan fingerprint density at radius 3 is 2.54 bits per heavy atom. The van der Waals surface area contributed by atoms with E-state index in [4.69, 9.17) is 18.6 Å². The zero-order valence-corrected chi connectivity index (χ0v) is 17.2. The van der Waals surface area contributed by atoms with Crippen molar-refractivity contribution in [1.82, 2.24) is 0 Å². The number of para-hydroxylation sites is 1. The first-order chi connectivity index (χ1) is 13.3. The Hall–Kier alpha value is -2.80. The SMILES string of the molecule is CC(C)OC(=O)[C@H](C)Oc1ccc2c(=O)c(Oc3ccccc3Br)coc2c1. The van der Waals surface area contributed by atoms with Gasteiger partial charge in [-0.15, -0.1) is 0 Å². The third kappa shape index (κ3) is 4.54. The van der Waals surface area contributed by atoms with Crippen molar-refractivity contribution in [1.29, 1.82) is 0 Å². The highest BCUT2D eigenvalue weighted by Crippen LogP contribution is 2.29. The van der Waals surface area contributed by atoms with E-state index in [2.05, 4.69) is 15.9 Å². The maximum Gasteiger partial charge on any atom is 0.347 e. The van der Waals surface area contributed by atoms with Gasteiger partial charge in [0.25, 0.3) is 0 Å². The molecule has 0 bridgehead atoms. The van der Waals surface area contributed by atoms with Gasteiger partial charge in [0, 0.05) is 6.07 Å². The summed E-state index contributed by atoms with van der Waals surface area (Å²) < 4.78 is 22.6. The van der Waals surface area contributed by atoms with E-state index < -0.39 is 12.1 Å². The van der Waals surface area contributed by atoms with Crippen LogP contribution in [0.1, 0.15) is 20.8 Å². The summed E-state index contributed by atoms with van der Waals surface area (Å²) in [6.45, 7) is 5.13. The Kier molecular flexibility index (Phi) is 6.04. The third-order valence-electron chi connectivity index (χ3n) is 3.77. The minimum atomic E-state index is -0.787. The molecule has 7 heteroatoms. The van der Waals surface area contributed by atoms with Crippen LogP contribution in [0.2, 0.25) is 0 Å². The quantitative estimate of drug-likeness (QED) is 0.492. The molecule has 0 unspecified atom stereocenters. The first kappa shape index (κ1) is 19.9. The van der Waals surface area contributed by atoms with Crippen LogP contribution in [-0.2, 0) is 9.53 Å². The molecule has 3 rings (SSSR count). The van der Waals surface area contributed by atoms with Crippen LogP contribution in [0.15, 0.2) is 62.4 Å². The molecule has 0 amide bonds. The van der Waals surface area contributed by atoms with E-state index in [1.807, 2.05) is 12.1 Å². The summed E-state index contributed by atoms with van der Waals surface area (Å²) in [5.41, 5.74) is 0.0159. The zero-order chi connectivity index (χ0) is 20.3. The van der Waals surface area contributed by atoms with Crippen LogP contribution in [0.3, 0.4) is 0 Å². The van der Waals surface area contributed by atoms with E-state index in [1.165, 1.54) is 6.26 Å². The van der Waals surface area contributed by atoms with Gasteiger partial charge < -0.3 is 18.6 Å². The fourth-order valence-electron chi connectivity index (χ4n) is 2.46. The molecular weight excluding hydrogens is 428 g/mol. The van der Waals surface area contributed by atoms with E-state index in [1.54, 1.807) is 51.1 Å². The Bertz CT molecular complexity index is 1060. The predicted octanol–water partition coefficient (Wildman–Crippen LogP) is 5.07. The average molecular weight is 447 g/mol. The Morgan fingerprint density at radius 2 is 1.82 bits per heavy atom. The van der Waals surface area contributed by atoms with E-state index in [9.17, 15) is 9.59 Å². The topological polar surface area (TPSA) is 75.0 Å². The van der Waals surface area contributed by atoms with Gasteiger partial charge in [0.2, 0.25) is 11.2 Å². The molecule has 0 aliphatic carbocycles. The largest absolute Gasteiger partial charge is 0.479 e. The highest BCUT2D eigenvalue weighted by atomic mass is 79.9. The second-order valence-electron chi connectivity index (χ2n) is 6.37. The van der Waals surface area contributed by atoms with Crippen molar-refractivity contribution in [2.24, 2.45) is 0 Å². The van der Waals surface area contributed by atoms with Gasteiger partial charge in [-0.1, -0.05) is 12.1 Å². The summed E-state index contributed by atoms with van der Waals surface area (Å²) in [7, 11) is 0. The number of halogens is 1. The maximum absolute atomic E-state index is 12.7. The molecule has 1 heterocycles. The molecule has 0 spiro atoms. The van der Waals surface area contributed by atoms with Crippen molar-refractivity contribution in [3.8, 4) is 17.2 Å². The molecule has 28 heavy (non-hydrogen) atoms. The highest BCUT2D eigenvalue weighted by molar-refractivity contribution is 9.10. The fourth-order valence-corrected chi connectivity index (χ4v) is 2.83. The second-order valence-corrected chi connectivity index (χ2v) is 7.22. The van der Waals surface area contributed by atoms with Gasteiger partial charge in [0.1, 0.15) is 23.3 Å². The van der Waals surface area contributed by atoms with E-state index in [0.717, 1.165) is 4.47 Å². The van der Waals surface area contributed by atoms with Gasteiger partial charge in [-0.05, 0) is 61.0 Å². The van der Waals surface area contributed by atoms with E-state index in [-0.39, 0.29) is 17.3 Å². The molecule has 2 aromatic carbocycles. The summed E-state index contributed by atoms with van der Waals surface area (Å²) in [5, 5.41) is 0.342. The van der Waals surface area contributed by atoms with Crippen molar-refractivity contribution in [3.63, 3.8) is 0 Å². The molecular formula is C21H19BrO6. The molecule has 1 atom stereocenters. The molecule has 0 saturated heterocycles. The predicted molar refractivity (Wildman–Crippen MR) is 108 cm³/mol. The molecule has 0 saturated carbocycles. The number of fused-ring (bicyclic) bond motifs is 1. The minimum Gasteiger partial charge on any atom is -0.479 e. The average Bonchev–Trinajstić information content (AvgIpc) is 2.65. The third-order valence-corrected chi connectivity index (χ3v) is 4.42. The lowest BCUT2D eigenvalue weighted by molar-refractivity contribution is -0.154. The van der Waals surface area contributed by atoms with Crippen LogP contribution >= 0.6 is 15.9 Å². The summed E-state index contributed by atoms with van der Waals surface area (Å²) in [5.74, 6) is 0.505. The van der Waals surface area contributed by atoms with Crippen molar-refractivity contribution in [2.75, 3.05) is 0 Å². The normalized spacial score (nSPS) is 12.0. The number of hydrogen-bond donors (Lipinski definition) is 0. The molecule has 0 aliphatic heterocycles. The lowest BCUT2D eigenvalue weighted by Gasteiger charge is -2.16. The Morgan fingerprint density at radius 1 is 1.07 bits per heavy atom. The summed E-state index contributed by atoms with van der Waals surface area (Å²) >= 11 is 3.37. The number of ether oxygens (including phenoxy) is 3. The first-order valence-electron chi connectivity index (χ1n) is 8.70. The van der Waals surface area contributed by atoms with Crippen LogP contribution in [-0.4, -0.2) is 18.2 Å². The summed E-state index contributed by atoms with van der Waals surface area (Å²) in [4.78, 5) is 24.6. The van der Waals surface area contributed by atoms with Gasteiger partial charge in [0.15, 0.2) is 6.10 Å². The number of carbonyl (C=O) groups excluding carboxylic acids is 1. The van der Waals surface area contributed by atoms with Crippen molar-refractivity contribution >= 4 is 32.9 Å². The van der Waals surface area contributed by atoms with Gasteiger partial charge in [0.05, 0.1) is 16.0 Å². The monoisotopic (exact) mass is 446 g/mol. The van der Waals surface area contributed by atoms with Crippen LogP contribution in [0.25, 0.3) is 11.0 Å². The van der Waals surface area contributed by atoms with Gasteiger partial charge in [-0.25, -0.2) is 4.79 Å². The second kappa shape index (κ2) is 8.48. The molecule has 3 aromatic rings. The molecule has 1 aromatic heterocycles. The van der Waals surface area contributed by atoms with Crippen LogP contribution in [0.4, 0.5) is 0 Å². The minimum absolute atomic E-state index is 0.0712. The van der Waals surface area contributed by atoms with E-state index in [0.29, 0.717) is 22.5 Å². The highest BCUT2D eigenvalue weighted by Gasteiger charge is 2.18. The smallest absolute Gasteiger partial charge is 0.347 e. The lowest BCUT2D eigenvalue weighted by atomic mass is 10.2. The van der Waals surface area contributed by atoms with Gasteiger partial charge in [-0.3, -0.25) is 4.79 Å². The maximum atomic E-state index is 12.7. The molecule has 0 radical (unpaired) electrons. The summed E-state index contributed by atoms with van der Waals surface area (Å²) in [6, 6.07) is 11.9. The number of hydrogen-bond acceptors (Lipinski definition) is 6. The van der Waals surface area contributed by atoms with Crippen LogP contribution < -0.4 is 14.9 Å². The molecule has 0 aliphatic rings. The molecule has 146 valence electrons. The Balaban J connectivity index is 1.83. The lowest BCUT2D eigenvalue weighted by Crippen LogP contribution is -2.28. The first-order valence-corrected chi connectivity index (χ1v) is 9.49. The zero-order valence-electron chi connectivity index (χ0n) is 15.6. The fraction of sp³-hybridized carbons (Fsp3) is 0.238. The van der Waals surface area contributed by atoms with Crippen molar-refractivity contribution < 1.29 is 23.4 Å². The number of esters is 1. The molecule has 0 fully saturated rings. The standard InChI is InChI=1S/C21H19BrO6/c1-12(2)26-21(24)13(3)27-14-8-9-15-18(10-14)25-11-19(20(15)23)28-17-7-5-4-6-16(17)22/h4-13H,1-3H3/t13-/m0/s1. The molecule has 6 nitrogen and oxygen atoms in total. The number of carbonyl (C=O) groups is 1. The number of rotatable bonds is 6. The molecule has 0 N–H and O–H groups in total. The number of benzene rings is 2. The van der Waals surface area contributed by atoms with Crippen LogP contribution in [0, 0.1) is 0 Å². The van der Waals surface area contributed by atoms with E-state index >= 15 is 0 Å². The Labute approximate surface area is 170 Å². The van der Waals surface area contributed by atoms with Crippen molar-refractivity contribution in [2.45, 2.75) is 33.0 Å². The summed E-state index contributed by atoms with van der Waals surface area (Å²) in [6.07, 6.45) is 0.241. The van der Waals surface area contributed by atoms with Crippen molar-refractivity contribution in [3.05, 3.63) is 63.4 Å².